The molecule has 0 amide bonds. The van der Waals surface area contributed by atoms with Crippen LogP contribution in [0, 0.1) is 24.0 Å². The van der Waals surface area contributed by atoms with Crippen LogP contribution in [0.5, 0.6) is 0 Å². The Morgan fingerprint density at radius 2 is 1.40 bits per heavy atom. The van der Waals surface area contributed by atoms with Crippen LogP contribution in [0.15, 0.2) is 57.5 Å². The molecule has 6 rings (SSSR count). The molecule has 0 saturated carbocycles. The van der Waals surface area contributed by atoms with Gasteiger partial charge in [-0.3, -0.25) is 9.78 Å². The Hall–Kier alpha value is -3.72. The molecule has 2 aliphatic heterocycles. The maximum atomic E-state index is 8.57. The molecule has 13 heteroatoms. The number of nitrogens with zero attached hydrogens (tertiary/aromatic N) is 5. The number of aromatic amines is 1. The van der Waals surface area contributed by atoms with Crippen molar-refractivity contribution in [2.24, 2.45) is 10.8 Å². The molecular weight excluding hydrogens is 680 g/mol. The topological polar surface area (TPSA) is 146 Å². The van der Waals surface area contributed by atoms with Gasteiger partial charge in [-0.2, -0.15) is 10.2 Å². The van der Waals surface area contributed by atoms with Crippen molar-refractivity contribution >= 4 is 54.9 Å². The number of aliphatic hydroxyl groups is 1. The van der Waals surface area contributed by atoms with Gasteiger partial charge in [-0.25, -0.2) is 9.69 Å². The molecule has 0 radical (unpaired) electrons. The molecule has 0 spiro atoms. The van der Waals surface area contributed by atoms with Crippen LogP contribution in [0.3, 0.4) is 0 Å². The lowest BCUT2D eigenvalue weighted by atomic mass is 9.89. The summed E-state index contributed by atoms with van der Waals surface area (Å²) >= 11 is 6.75. The Kier molecular flexibility index (Phi) is 10.3. The molecule has 0 bridgehead atoms. The number of nitrogen functional groups attached to an aromatic ring is 2. The number of H-pyrrole nitrogens is 1. The van der Waals surface area contributed by atoms with Crippen LogP contribution in [0.1, 0.15) is 13.8 Å². The SMILES string of the molecule is CC1(CO)COC1.[C-]#[N+]c1c(-c2ccc(Br)cc2)nn(CC2(C)COC2)c1N.[C-]#[N+]c1c(N)n[nH]c1-c1ccc(Br)cc1. The lowest BCUT2D eigenvalue weighted by Gasteiger charge is -2.38. The average molecular weight is 712 g/mol. The number of ether oxygens (including phenoxy) is 2. The van der Waals surface area contributed by atoms with Crippen LogP contribution in [0.2, 0.25) is 0 Å². The zero-order valence-corrected chi connectivity index (χ0v) is 26.9. The first-order valence-electron chi connectivity index (χ1n) is 13.2. The van der Waals surface area contributed by atoms with Crippen LogP contribution in [-0.2, 0) is 16.0 Å². The minimum Gasteiger partial charge on any atom is -0.396 e. The van der Waals surface area contributed by atoms with Crippen molar-refractivity contribution in [3.8, 4) is 22.5 Å². The van der Waals surface area contributed by atoms with Gasteiger partial charge in [0.15, 0.2) is 5.82 Å². The number of nitrogens with two attached hydrogens (primary N) is 2. The molecule has 0 unspecified atom stereocenters. The van der Waals surface area contributed by atoms with E-state index in [0.717, 1.165) is 33.3 Å². The van der Waals surface area contributed by atoms with Gasteiger partial charge >= 0.3 is 0 Å². The highest BCUT2D eigenvalue weighted by molar-refractivity contribution is 9.10. The molecule has 2 aliphatic rings. The van der Waals surface area contributed by atoms with Gasteiger partial charge in [0.2, 0.25) is 0 Å². The Morgan fingerprint density at radius 3 is 1.81 bits per heavy atom. The summed E-state index contributed by atoms with van der Waals surface area (Å²) in [7, 11) is 0. The van der Waals surface area contributed by atoms with Crippen molar-refractivity contribution in [2.45, 2.75) is 20.4 Å². The second-order valence-electron chi connectivity index (χ2n) is 11.1. The first-order valence-corrected chi connectivity index (χ1v) is 14.8. The second-order valence-corrected chi connectivity index (χ2v) is 12.9. The maximum Gasteiger partial charge on any atom is 0.254 e. The predicted molar refractivity (Wildman–Crippen MR) is 173 cm³/mol. The normalized spacial score (nSPS) is 15.7. The number of hydrogen-bond acceptors (Lipinski definition) is 7. The summed E-state index contributed by atoms with van der Waals surface area (Å²) in [6, 6.07) is 15.3. The van der Waals surface area contributed by atoms with E-state index in [1.807, 2.05) is 55.5 Å². The molecule has 2 aromatic carbocycles. The average Bonchev–Trinajstić information content (AvgIpc) is 3.50. The summed E-state index contributed by atoms with van der Waals surface area (Å²) in [5, 5.41) is 19.7. The molecule has 43 heavy (non-hydrogen) atoms. The minimum absolute atomic E-state index is 0.0520. The number of rotatable bonds is 5. The van der Waals surface area contributed by atoms with Gasteiger partial charge in [0, 0.05) is 19.8 Å². The number of halogens is 2. The summed E-state index contributed by atoms with van der Waals surface area (Å²) < 4.78 is 13.8. The van der Waals surface area contributed by atoms with Crippen LogP contribution in [-0.4, -0.2) is 58.1 Å². The second kappa shape index (κ2) is 13.7. The number of aliphatic hydroxyl groups excluding tert-OH is 1. The fourth-order valence-electron chi connectivity index (χ4n) is 4.22. The van der Waals surface area contributed by atoms with Gasteiger partial charge in [0.25, 0.3) is 11.4 Å². The largest absolute Gasteiger partial charge is 0.396 e. The standard InChI is InChI=1S/C15H15BrN4O.C10H7BrN4.C5H10O2/c1-15(8-21-9-15)7-20-14(17)13(18-2)12(19-20)10-3-5-11(16)6-4-10;1-13-9-8(14-15-10(9)12)6-2-4-7(11)5-3-6;1-5(2-6)3-7-4-5/h3-6H,7-9,17H2,1H3;2-5H,(H3,12,14,15);6H,2-4H2,1H3. The molecule has 6 N–H and O–H groups in total. The molecule has 0 atom stereocenters. The van der Waals surface area contributed by atoms with Crippen LogP contribution in [0.25, 0.3) is 32.2 Å². The zero-order chi connectivity index (χ0) is 31.2. The van der Waals surface area contributed by atoms with Crippen molar-refractivity contribution in [3.05, 3.63) is 80.3 Å². The third-order valence-corrected chi connectivity index (χ3v) is 7.98. The Bertz CT molecular complexity index is 1620. The highest BCUT2D eigenvalue weighted by atomic mass is 79.9. The van der Waals surface area contributed by atoms with Gasteiger partial charge in [0.1, 0.15) is 11.5 Å². The molecular formula is C30H32Br2N8O3. The van der Waals surface area contributed by atoms with E-state index in [9.17, 15) is 0 Å². The molecule has 2 aromatic heterocycles. The van der Waals surface area contributed by atoms with Crippen LogP contribution >= 0.6 is 31.9 Å². The fraction of sp³-hybridized carbons (Fsp3) is 0.333. The Labute approximate surface area is 267 Å². The van der Waals surface area contributed by atoms with Crippen molar-refractivity contribution in [1.29, 1.82) is 0 Å². The summed E-state index contributed by atoms with van der Waals surface area (Å²) in [5.41, 5.74) is 15.7. The lowest BCUT2D eigenvalue weighted by molar-refractivity contribution is -0.125. The highest BCUT2D eigenvalue weighted by Gasteiger charge is 2.35. The van der Waals surface area contributed by atoms with Gasteiger partial charge in [-0.05, 0) is 35.4 Å². The van der Waals surface area contributed by atoms with Gasteiger partial charge in [-0.15, -0.1) is 0 Å². The maximum absolute atomic E-state index is 8.57. The van der Waals surface area contributed by atoms with E-state index in [0.29, 0.717) is 48.3 Å². The molecule has 224 valence electrons. The zero-order valence-electron chi connectivity index (χ0n) is 23.8. The fourth-order valence-corrected chi connectivity index (χ4v) is 4.75. The Morgan fingerprint density at radius 1 is 0.884 bits per heavy atom. The molecule has 2 saturated heterocycles. The van der Waals surface area contributed by atoms with Gasteiger partial charge in [-0.1, -0.05) is 70.0 Å². The van der Waals surface area contributed by atoms with Crippen molar-refractivity contribution in [3.63, 3.8) is 0 Å². The summed E-state index contributed by atoms with van der Waals surface area (Å²) in [6.45, 7) is 22.3. The number of hydrogen-bond donors (Lipinski definition) is 4. The van der Waals surface area contributed by atoms with E-state index in [4.69, 9.17) is 39.2 Å². The van der Waals surface area contributed by atoms with Crippen molar-refractivity contribution in [2.75, 3.05) is 44.5 Å². The Balaban J connectivity index is 0.000000167. The van der Waals surface area contributed by atoms with E-state index in [2.05, 4.69) is 63.8 Å². The summed E-state index contributed by atoms with van der Waals surface area (Å²) in [5.74, 6) is 0.666. The quantitative estimate of drug-likeness (QED) is 0.174. The first-order chi connectivity index (χ1) is 20.5. The number of nitrogens with one attached hydrogen (secondary N) is 1. The molecule has 4 aromatic rings. The van der Waals surface area contributed by atoms with E-state index in [1.165, 1.54) is 0 Å². The molecule has 4 heterocycles. The van der Waals surface area contributed by atoms with Crippen molar-refractivity contribution in [1.82, 2.24) is 20.0 Å². The highest BCUT2D eigenvalue weighted by Crippen LogP contribution is 2.38. The molecule has 0 aliphatic carbocycles. The van der Waals surface area contributed by atoms with Crippen LogP contribution in [0.4, 0.5) is 23.0 Å². The smallest absolute Gasteiger partial charge is 0.254 e. The number of aromatic nitrogens is 4. The number of anilines is 2. The van der Waals surface area contributed by atoms with E-state index >= 15 is 0 Å². The van der Waals surface area contributed by atoms with Crippen LogP contribution < -0.4 is 11.5 Å². The lowest BCUT2D eigenvalue weighted by Crippen LogP contribution is -2.43. The predicted octanol–water partition coefficient (Wildman–Crippen LogP) is 6.47. The van der Waals surface area contributed by atoms with E-state index < -0.39 is 0 Å². The number of benzene rings is 2. The molecule has 2 fully saturated rings. The van der Waals surface area contributed by atoms with Crippen molar-refractivity contribution < 1.29 is 14.6 Å². The van der Waals surface area contributed by atoms with Gasteiger partial charge < -0.3 is 26.0 Å². The van der Waals surface area contributed by atoms with E-state index in [1.54, 1.807) is 4.68 Å². The van der Waals surface area contributed by atoms with Gasteiger partial charge in [0.05, 0.1) is 58.4 Å². The molecule has 11 nitrogen and oxygen atoms in total. The first kappa shape index (κ1) is 32.2. The monoisotopic (exact) mass is 710 g/mol. The third kappa shape index (κ3) is 7.63. The summed E-state index contributed by atoms with van der Waals surface area (Å²) in [4.78, 5) is 6.91. The summed E-state index contributed by atoms with van der Waals surface area (Å²) in [6.07, 6.45) is 0. The minimum atomic E-state index is 0.0520. The van der Waals surface area contributed by atoms with E-state index in [-0.39, 0.29) is 23.3 Å². The third-order valence-electron chi connectivity index (χ3n) is 6.92.